The Balaban J connectivity index is 2.71. The molecule has 0 bridgehead atoms. The predicted molar refractivity (Wildman–Crippen MR) is 72.8 cm³/mol. The SMILES string of the molecule is Cc1ccc(C(C)C(N)C(=O)NC(C)C(=O)O)cc1. The standard InChI is InChI=1S/C14H20N2O3/c1-8-4-6-11(7-5-8)9(2)12(15)13(17)16-10(3)14(18)19/h4-7,9-10,12H,15H2,1-3H3,(H,16,17)(H,18,19). The lowest BCUT2D eigenvalue weighted by atomic mass is 9.92. The highest BCUT2D eigenvalue weighted by Gasteiger charge is 2.24. The Morgan fingerprint density at radius 2 is 1.74 bits per heavy atom. The van der Waals surface area contributed by atoms with Crippen LogP contribution in [0, 0.1) is 6.92 Å². The van der Waals surface area contributed by atoms with Gasteiger partial charge in [-0.2, -0.15) is 0 Å². The summed E-state index contributed by atoms with van der Waals surface area (Å²) in [5, 5.41) is 11.1. The number of hydrogen-bond donors (Lipinski definition) is 3. The average molecular weight is 264 g/mol. The first kappa shape index (κ1) is 15.2. The lowest BCUT2D eigenvalue weighted by Gasteiger charge is -2.21. The minimum atomic E-state index is -1.08. The van der Waals surface area contributed by atoms with E-state index >= 15 is 0 Å². The molecule has 5 nitrogen and oxygen atoms in total. The lowest BCUT2D eigenvalue weighted by Crippen LogP contribution is -2.49. The van der Waals surface area contributed by atoms with Crippen LogP contribution >= 0.6 is 0 Å². The van der Waals surface area contributed by atoms with Crippen molar-refractivity contribution in [3.05, 3.63) is 35.4 Å². The number of benzene rings is 1. The second-order valence-electron chi connectivity index (χ2n) is 4.79. The van der Waals surface area contributed by atoms with E-state index in [1.54, 1.807) is 0 Å². The Morgan fingerprint density at radius 3 is 2.21 bits per heavy atom. The van der Waals surface area contributed by atoms with Crippen LogP contribution in [0.2, 0.25) is 0 Å². The molecular formula is C14H20N2O3. The molecule has 0 heterocycles. The molecule has 3 unspecified atom stereocenters. The van der Waals surface area contributed by atoms with Gasteiger partial charge in [0.15, 0.2) is 0 Å². The molecule has 1 aromatic rings. The zero-order chi connectivity index (χ0) is 14.6. The van der Waals surface area contributed by atoms with E-state index in [-0.39, 0.29) is 5.92 Å². The molecule has 5 heteroatoms. The molecule has 4 N–H and O–H groups in total. The number of aliphatic carboxylic acids is 1. The molecule has 1 amide bonds. The Labute approximate surface area is 112 Å². The van der Waals surface area contributed by atoms with Crippen LogP contribution in [0.1, 0.15) is 30.9 Å². The number of carbonyl (C=O) groups excluding carboxylic acids is 1. The quantitative estimate of drug-likeness (QED) is 0.740. The Morgan fingerprint density at radius 1 is 1.21 bits per heavy atom. The minimum absolute atomic E-state index is 0.179. The summed E-state index contributed by atoms with van der Waals surface area (Å²) in [6.07, 6.45) is 0. The molecular weight excluding hydrogens is 244 g/mol. The van der Waals surface area contributed by atoms with Crippen molar-refractivity contribution in [2.75, 3.05) is 0 Å². The van der Waals surface area contributed by atoms with Gasteiger partial charge in [-0.25, -0.2) is 0 Å². The first-order valence-corrected chi connectivity index (χ1v) is 6.18. The van der Waals surface area contributed by atoms with E-state index in [9.17, 15) is 9.59 Å². The fourth-order valence-electron chi connectivity index (χ4n) is 1.68. The van der Waals surface area contributed by atoms with Crippen LogP contribution in [-0.4, -0.2) is 29.1 Å². The summed E-state index contributed by atoms with van der Waals surface area (Å²) in [6, 6.07) is 6.04. The molecule has 19 heavy (non-hydrogen) atoms. The summed E-state index contributed by atoms with van der Waals surface area (Å²) in [7, 11) is 0. The van der Waals surface area contributed by atoms with Gasteiger partial charge in [0.1, 0.15) is 6.04 Å². The molecule has 104 valence electrons. The third-order valence-corrected chi connectivity index (χ3v) is 3.17. The molecule has 0 aromatic heterocycles. The monoisotopic (exact) mass is 264 g/mol. The van der Waals surface area contributed by atoms with E-state index in [1.165, 1.54) is 6.92 Å². The number of nitrogens with one attached hydrogen (secondary N) is 1. The summed E-state index contributed by atoms with van der Waals surface area (Å²) in [5.41, 5.74) is 7.96. The summed E-state index contributed by atoms with van der Waals surface area (Å²) in [4.78, 5) is 22.5. The van der Waals surface area contributed by atoms with Crippen LogP contribution < -0.4 is 11.1 Å². The normalized spacial score (nSPS) is 15.4. The molecule has 0 radical (unpaired) electrons. The van der Waals surface area contributed by atoms with Gasteiger partial charge < -0.3 is 16.2 Å². The lowest BCUT2D eigenvalue weighted by molar-refractivity contribution is -0.141. The van der Waals surface area contributed by atoms with Crippen LogP contribution in [0.4, 0.5) is 0 Å². The van der Waals surface area contributed by atoms with Crippen molar-refractivity contribution in [1.82, 2.24) is 5.32 Å². The van der Waals surface area contributed by atoms with E-state index in [0.717, 1.165) is 11.1 Å². The van der Waals surface area contributed by atoms with Crippen LogP contribution in [0.5, 0.6) is 0 Å². The summed E-state index contributed by atoms with van der Waals surface area (Å²) < 4.78 is 0. The van der Waals surface area contributed by atoms with E-state index in [4.69, 9.17) is 10.8 Å². The average Bonchev–Trinajstić information content (AvgIpc) is 2.37. The maximum absolute atomic E-state index is 11.8. The number of aryl methyl sites for hydroxylation is 1. The van der Waals surface area contributed by atoms with Gasteiger partial charge >= 0.3 is 5.97 Å². The molecule has 0 saturated heterocycles. The zero-order valence-corrected chi connectivity index (χ0v) is 11.4. The second-order valence-corrected chi connectivity index (χ2v) is 4.79. The van der Waals surface area contributed by atoms with Gasteiger partial charge in [-0.1, -0.05) is 36.8 Å². The number of hydrogen-bond acceptors (Lipinski definition) is 3. The highest BCUT2D eigenvalue weighted by atomic mass is 16.4. The predicted octanol–water partition coefficient (Wildman–Crippen LogP) is 1.02. The molecule has 1 rings (SSSR count). The van der Waals surface area contributed by atoms with Crippen molar-refractivity contribution in [3.8, 4) is 0 Å². The maximum atomic E-state index is 11.8. The third-order valence-electron chi connectivity index (χ3n) is 3.17. The minimum Gasteiger partial charge on any atom is -0.480 e. The number of carboxylic acids is 1. The van der Waals surface area contributed by atoms with E-state index in [1.807, 2.05) is 38.1 Å². The van der Waals surface area contributed by atoms with Gasteiger partial charge in [-0.3, -0.25) is 9.59 Å². The number of rotatable bonds is 5. The number of nitrogens with two attached hydrogens (primary N) is 1. The third kappa shape index (κ3) is 4.06. The maximum Gasteiger partial charge on any atom is 0.325 e. The summed E-state index contributed by atoms with van der Waals surface area (Å²) >= 11 is 0. The van der Waals surface area contributed by atoms with Crippen molar-refractivity contribution >= 4 is 11.9 Å². The summed E-state index contributed by atoms with van der Waals surface area (Å²) in [5.74, 6) is -1.71. The number of amides is 1. The van der Waals surface area contributed by atoms with Crippen molar-refractivity contribution in [1.29, 1.82) is 0 Å². The fraction of sp³-hybridized carbons (Fsp3) is 0.429. The van der Waals surface area contributed by atoms with Crippen LogP contribution in [-0.2, 0) is 9.59 Å². The number of carbonyl (C=O) groups is 2. The van der Waals surface area contributed by atoms with Gasteiger partial charge in [0.2, 0.25) is 5.91 Å². The topological polar surface area (TPSA) is 92.4 Å². The zero-order valence-electron chi connectivity index (χ0n) is 11.4. The van der Waals surface area contributed by atoms with Gasteiger partial charge in [0.05, 0.1) is 6.04 Å². The first-order valence-electron chi connectivity index (χ1n) is 6.18. The van der Waals surface area contributed by atoms with Crippen molar-refractivity contribution < 1.29 is 14.7 Å². The summed E-state index contributed by atoms with van der Waals surface area (Å²) in [6.45, 7) is 5.24. The van der Waals surface area contributed by atoms with Crippen LogP contribution in [0.3, 0.4) is 0 Å². The molecule has 3 atom stereocenters. The van der Waals surface area contributed by atoms with Gasteiger partial charge in [0.25, 0.3) is 0 Å². The van der Waals surface area contributed by atoms with Gasteiger partial charge in [0, 0.05) is 5.92 Å². The smallest absolute Gasteiger partial charge is 0.325 e. The Hall–Kier alpha value is -1.88. The van der Waals surface area contributed by atoms with Crippen molar-refractivity contribution in [2.24, 2.45) is 5.73 Å². The first-order chi connectivity index (χ1) is 8.82. The highest BCUT2D eigenvalue weighted by Crippen LogP contribution is 2.18. The van der Waals surface area contributed by atoms with Gasteiger partial charge in [-0.15, -0.1) is 0 Å². The Kier molecular flexibility index (Phi) is 5.06. The molecule has 0 aliphatic carbocycles. The molecule has 0 spiro atoms. The molecule has 0 aliphatic rings. The van der Waals surface area contributed by atoms with E-state index in [2.05, 4.69) is 5.32 Å². The van der Waals surface area contributed by atoms with Crippen molar-refractivity contribution in [3.63, 3.8) is 0 Å². The van der Waals surface area contributed by atoms with Crippen LogP contribution in [0.15, 0.2) is 24.3 Å². The molecule has 0 aliphatic heterocycles. The van der Waals surface area contributed by atoms with E-state index < -0.39 is 24.0 Å². The highest BCUT2D eigenvalue weighted by molar-refractivity contribution is 5.87. The van der Waals surface area contributed by atoms with Crippen LogP contribution in [0.25, 0.3) is 0 Å². The number of carboxylic acid groups (broad SMARTS) is 1. The Bertz CT molecular complexity index is 456. The van der Waals surface area contributed by atoms with Crippen molar-refractivity contribution in [2.45, 2.75) is 38.8 Å². The molecule has 0 fully saturated rings. The second kappa shape index (κ2) is 6.33. The van der Waals surface area contributed by atoms with Gasteiger partial charge in [-0.05, 0) is 19.4 Å². The van der Waals surface area contributed by atoms with E-state index in [0.29, 0.717) is 0 Å². The molecule has 0 saturated carbocycles. The molecule has 1 aromatic carbocycles. The largest absolute Gasteiger partial charge is 0.480 e. The fourth-order valence-corrected chi connectivity index (χ4v) is 1.68.